The van der Waals surface area contributed by atoms with Crippen molar-refractivity contribution in [1.82, 2.24) is 10.2 Å². The molecule has 108 valence electrons. The lowest BCUT2D eigenvalue weighted by Gasteiger charge is -2.27. The zero-order valence-electron chi connectivity index (χ0n) is 11.2. The molecular weight excluding hydrogens is 262 g/mol. The third-order valence-electron chi connectivity index (χ3n) is 2.56. The summed E-state index contributed by atoms with van der Waals surface area (Å²) in [5, 5.41) is 11.3. The van der Waals surface area contributed by atoms with E-state index in [1.54, 1.807) is 30.3 Å². The van der Waals surface area contributed by atoms with Gasteiger partial charge in [0, 0.05) is 13.6 Å². The van der Waals surface area contributed by atoms with Crippen molar-refractivity contribution in [2.75, 3.05) is 31.6 Å². The number of amides is 4. The number of hydrogen-bond donors (Lipinski definition) is 2. The Labute approximate surface area is 116 Å². The van der Waals surface area contributed by atoms with Crippen molar-refractivity contribution in [2.45, 2.75) is 0 Å². The molecule has 0 spiro atoms. The van der Waals surface area contributed by atoms with E-state index in [0.29, 0.717) is 12.0 Å². The Balaban J connectivity index is 3.07. The highest BCUT2D eigenvalue weighted by Gasteiger charge is 2.26. The number of imide groups is 1. The fourth-order valence-electron chi connectivity index (χ4n) is 1.62. The summed E-state index contributed by atoms with van der Waals surface area (Å²) < 4.78 is 0. The first kappa shape index (κ1) is 15.6. The van der Waals surface area contributed by atoms with Crippen LogP contribution in [-0.4, -0.2) is 55.1 Å². The van der Waals surface area contributed by atoms with E-state index in [1.165, 1.54) is 7.05 Å². The Morgan fingerprint density at radius 3 is 2.45 bits per heavy atom. The second kappa shape index (κ2) is 7.90. The number of anilines is 1. The van der Waals surface area contributed by atoms with E-state index in [9.17, 15) is 14.4 Å². The molecule has 0 saturated carbocycles. The molecule has 1 aromatic rings. The van der Waals surface area contributed by atoms with Crippen molar-refractivity contribution < 1.29 is 19.5 Å². The van der Waals surface area contributed by atoms with Crippen molar-refractivity contribution in [3.63, 3.8) is 0 Å². The molecule has 0 heterocycles. The van der Waals surface area contributed by atoms with E-state index in [0.717, 1.165) is 9.80 Å². The summed E-state index contributed by atoms with van der Waals surface area (Å²) in [6, 6.07) is 7.05. The Kier molecular flexibility index (Phi) is 6.18. The first-order valence-corrected chi connectivity index (χ1v) is 6.06. The number of aliphatic hydroxyl groups excluding tert-OH is 1. The zero-order chi connectivity index (χ0) is 15.0. The molecule has 20 heavy (non-hydrogen) atoms. The van der Waals surface area contributed by atoms with Crippen LogP contribution in [0, 0.1) is 0 Å². The van der Waals surface area contributed by atoms with Crippen LogP contribution in [0.5, 0.6) is 0 Å². The van der Waals surface area contributed by atoms with Crippen molar-refractivity contribution in [2.24, 2.45) is 0 Å². The maximum Gasteiger partial charge on any atom is 0.333 e. The molecule has 0 saturated heterocycles. The Morgan fingerprint density at radius 1 is 1.30 bits per heavy atom. The summed E-state index contributed by atoms with van der Waals surface area (Å²) in [7, 11) is 1.40. The van der Waals surface area contributed by atoms with E-state index in [2.05, 4.69) is 5.32 Å². The normalized spacial score (nSPS) is 9.70. The first-order valence-electron chi connectivity index (χ1n) is 6.06. The minimum atomic E-state index is -0.670. The topological polar surface area (TPSA) is 90.0 Å². The molecule has 0 fully saturated rings. The summed E-state index contributed by atoms with van der Waals surface area (Å²) >= 11 is 0. The first-order chi connectivity index (χ1) is 9.65. The molecule has 0 bridgehead atoms. The molecule has 1 rings (SSSR count). The summed E-state index contributed by atoms with van der Waals surface area (Å²) in [5.41, 5.74) is 0.380. The average molecular weight is 279 g/mol. The maximum atomic E-state index is 12.3. The van der Waals surface area contributed by atoms with E-state index in [1.807, 2.05) is 0 Å². The number of hydrogen-bond acceptors (Lipinski definition) is 4. The minimum Gasteiger partial charge on any atom is -0.395 e. The van der Waals surface area contributed by atoms with Gasteiger partial charge < -0.3 is 20.1 Å². The van der Waals surface area contributed by atoms with Crippen LogP contribution in [-0.2, 0) is 4.79 Å². The van der Waals surface area contributed by atoms with Crippen molar-refractivity contribution in [1.29, 1.82) is 0 Å². The molecule has 0 radical (unpaired) electrons. The lowest BCUT2D eigenvalue weighted by Crippen LogP contribution is -2.50. The van der Waals surface area contributed by atoms with Gasteiger partial charge in [0.15, 0.2) is 0 Å². The zero-order valence-corrected chi connectivity index (χ0v) is 11.2. The van der Waals surface area contributed by atoms with Crippen molar-refractivity contribution in [3.05, 3.63) is 30.3 Å². The highest BCUT2D eigenvalue weighted by Crippen LogP contribution is 2.15. The quantitative estimate of drug-likeness (QED) is 0.766. The summed E-state index contributed by atoms with van der Waals surface area (Å²) in [6.45, 7) is -0.520. The highest BCUT2D eigenvalue weighted by atomic mass is 16.3. The lowest BCUT2D eigenvalue weighted by molar-refractivity contribution is -0.108. The van der Waals surface area contributed by atoms with Gasteiger partial charge in [0.1, 0.15) is 6.29 Å². The number of rotatable bonds is 5. The predicted molar refractivity (Wildman–Crippen MR) is 73.5 cm³/mol. The molecule has 2 N–H and O–H groups in total. The smallest absolute Gasteiger partial charge is 0.333 e. The van der Waals surface area contributed by atoms with E-state index in [-0.39, 0.29) is 19.7 Å². The molecule has 1 aromatic carbocycles. The van der Waals surface area contributed by atoms with Crippen LogP contribution in [0.4, 0.5) is 15.3 Å². The Hall–Kier alpha value is -2.41. The van der Waals surface area contributed by atoms with E-state index >= 15 is 0 Å². The molecule has 4 amide bonds. The Morgan fingerprint density at radius 2 is 1.95 bits per heavy atom. The monoisotopic (exact) mass is 279 g/mol. The second-order valence-corrected chi connectivity index (χ2v) is 3.84. The predicted octanol–water partition coefficient (Wildman–Crippen LogP) is 0.446. The number of benzene rings is 1. The third-order valence-corrected chi connectivity index (χ3v) is 2.56. The van der Waals surface area contributed by atoms with Crippen molar-refractivity contribution in [3.8, 4) is 0 Å². The number of urea groups is 2. The molecule has 0 unspecified atom stereocenters. The number of para-hydroxylation sites is 1. The van der Waals surface area contributed by atoms with Gasteiger partial charge in [-0.25, -0.2) is 14.5 Å². The highest BCUT2D eigenvalue weighted by molar-refractivity contribution is 6.13. The third kappa shape index (κ3) is 3.79. The fraction of sp³-hybridized carbons (Fsp3) is 0.308. The fourth-order valence-corrected chi connectivity index (χ4v) is 1.62. The number of aldehydes is 1. The van der Waals surface area contributed by atoms with Crippen LogP contribution < -0.4 is 10.2 Å². The SMILES string of the molecule is CNC(=O)N(C(=O)N(CC=O)CCO)c1ccccc1. The molecule has 7 heteroatoms. The van der Waals surface area contributed by atoms with E-state index in [4.69, 9.17) is 5.11 Å². The van der Waals surface area contributed by atoms with Gasteiger partial charge in [-0.3, -0.25) is 0 Å². The number of carbonyl (C=O) groups is 3. The molecular formula is C13H17N3O4. The van der Waals surface area contributed by atoms with Gasteiger partial charge in [-0.1, -0.05) is 18.2 Å². The standard InChI is InChI=1S/C13H17N3O4/c1-14-12(19)16(11-5-3-2-4-6-11)13(20)15(7-9-17)8-10-18/h2-6,9,18H,7-8,10H2,1H3,(H,14,19). The van der Waals surface area contributed by atoms with Crippen LogP contribution in [0.25, 0.3) is 0 Å². The van der Waals surface area contributed by atoms with Gasteiger partial charge in [0.05, 0.1) is 18.8 Å². The van der Waals surface area contributed by atoms with Crippen molar-refractivity contribution >= 4 is 24.0 Å². The molecule has 0 atom stereocenters. The molecule has 0 aliphatic rings. The number of nitrogens with zero attached hydrogens (tertiary/aromatic N) is 2. The summed E-state index contributed by atoms with van der Waals surface area (Å²) in [5.74, 6) is 0. The van der Waals surface area contributed by atoms with E-state index < -0.39 is 12.1 Å². The molecule has 0 aliphatic heterocycles. The number of aliphatic hydroxyl groups is 1. The molecule has 7 nitrogen and oxygen atoms in total. The largest absolute Gasteiger partial charge is 0.395 e. The second-order valence-electron chi connectivity index (χ2n) is 3.84. The molecule has 0 aliphatic carbocycles. The summed E-state index contributed by atoms with van der Waals surface area (Å²) in [6.07, 6.45) is 0.542. The van der Waals surface area contributed by atoms with Gasteiger partial charge >= 0.3 is 12.1 Å². The van der Waals surface area contributed by atoms with Gasteiger partial charge in [-0.2, -0.15) is 0 Å². The number of carbonyl (C=O) groups excluding carboxylic acids is 3. The molecule has 0 aromatic heterocycles. The van der Waals surface area contributed by atoms with Crippen LogP contribution in [0.3, 0.4) is 0 Å². The van der Waals surface area contributed by atoms with Crippen LogP contribution in [0.15, 0.2) is 30.3 Å². The maximum absolute atomic E-state index is 12.3. The lowest BCUT2D eigenvalue weighted by atomic mass is 10.3. The minimum absolute atomic E-state index is 0.0299. The van der Waals surface area contributed by atoms with Gasteiger partial charge in [-0.05, 0) is 12.1 Å². The van der Waals surface area contributed by atoms with Crippen LogP contribution >= 0.6 is 0 Å². The Bertz CT molecular complexity index is 464. The average Bonchev–Trinajstić information content (AvgIpc) is 2.48. The van der Waals surface area contributed by atoms with Crippen LogP contribution in [0.2, 0.25) is 0 Å². The van der Waals surface area contributed by atoms with Gasteiger partial charge in [-0.15, -0.1) is 0 Å². The van der Waals surface area contributed by atoms with Gasteiger partial charge in [0.2, 0.25) is 0 Å². The summed E-state index contributed by atoms with van der Waals surface area (Å²) in [4.78, 5) is 36.8. The van der Waals surface area contributed by atoms with Gasteiger partial charge in [0.25, 0.3) is 0 Å². The van der Waals surface area contributed by atoms with Crippen LogP contribution in [0.1, 0.15) is 0 Å². The number of nitrogens with one attached hydrogen (secondary N) is 1.